The largest absolute Gasteiger partial charge is 0.510 e. The van der Waals surface area contributed by atoms with Crippen molar-refractivity contribution in [3.63, 3.8) is 0 Å². The number of nitroso groups, excluding NO2 is 1. The topological polar surface area (TPSA) is 66.7 Å². The van der Waals surface area contributed by atoms with Crippen LogP contribution in [0, 0.1) is 10.8 Å². The first-order valence-electron chi connectivity index (χ1n) is 3.75. The van der Waals surface area contributed by atoms with Gasteiger partial charge in [0.25, 0.3) is 0 Å². The molecule has 0 bridgehead atoms. The summed E-state index contributed by atoms with van der Waals surface area (Å²) >= 11 is 0. The number of aliphatic hydroxyl groups excluding tert-OH is 1. The molecule has 0 fully saturated rings. The molecular formula is C8H13NO3. The number of carbonyl (C=O) groups excluding carboxylic acids is 1. The second-order valence-electron chi connectivity index (χ2n) is 3.04. The second-order valence-corrected chi connectivity index (χ2v) is 3.04. The molecule has 0 saturated heterocycles. The maximum atomic E-state index is 10.7. The van der Waals surface area contributed by atoms with Crippen molar-refractivity contribution < 1.29 is 9.90 Å². The fourth-order valence-corrected chi connectivity index (χ4v) is 0.804. The van der Waals surface area contributed by atoms with Crippen molar-refractivity contribution in [2.24, 2.45) is 11.1 Å². The first-order valence-corrected chi connectivity index (χ1v) is 3.75. The highest BCUT2D eigenvalue weighted by Crippen LogP contribution is 2.13. The Morgan fingerprint density at radius 3 is 2.25 bits per heavy atom. The highest BCUT2D eigenvalue weighted by atomic mass is 16.3. The van der Waals surface area contributed by atoms with Crippen LogP contribution in [0.4, 0.5) is 0 Å². The molecule has 0 atom stereocenters. The van der Waals surface area contributed by atoms with Gasteiger partial charge in [-0.1, -0.05) is 13.8 Å². The highest BCUT2D eigenvalue weighted by molar-refractivity contribution is 5.93. The van der Waals surface area contributed by atoms with Crippen LogP contribution in [-0.2, 0) is 4.79 Å². The Bertz CT molecular complexity index is 218. The fourth-order valence-electron chi connectivity index (χ4n) is 0.804. The summed E-state index contributed by atoms with van der Waals surface area (Å²) in [5.41, 5.74) is -0.358. The van der Waals surface area contributed by atoms with E-state index < -0.39 is 5.78 Å². The Hall–Kier alpha value is -1.19. The normalized spacial score (nSPS) is 12.7. The van der Waals surface area contributed by atoms with E-state index in [1.165, 1.54) is 6.92 Å². The van der Waals surface area contributed by atoms with Crippen molar-refractivity contribution in [2.45, 2.75) is 27.2 Å². The third-order valence-electron chi connectivity index (χ3n) is 1.30. The van der Waals surface area contributed by atoms with E-state index >= 15 is 0 Å². The summed E-state index contributed by atoms with van der Waals surface area (Å²) in [4.78, 5) is 20.8. The first kappa shape index (κ1) is 10.8. The van der Waals surface area contributed by atoms with Gasteiger partial charge in [0.1, 0.15) is 5.76 Å². The number of hydrogen-bond donors (Lipinski definition) is 1. The molecule has 0 heterocycles. The Morgan fingerprint density at radius 2 is 2.00 bits per heavy atom. The number of Topliss-reactive ketones (excluding diaryl/α,β-unsaturated/α-hetero) is 1. The van der Waals surface area contributed by atoms with Gasteiger partial charge in [-0.3, -0.25) is 4.79 Å². The molecule has 4 nitrogen and oxygen atoms in total. The minimum absolute atomic E-state index is 0.195. The standard InChI is InChI=1S/C8H13NO3/c1-5(2)4-7(11)8(9-12)6(3)10/h5,11H,4H2,1-3H3/b8-7+. The van der Waals surface area contributed by atoms with Gasteiger partial charge >= 0.3 is 0 Å². The molecule has 0 aliphatic carbocycles. The van der Waals surface area contributed by atoms with Crippen molar-refractivity contribution in [2.75, 3.05) is 0 Å². The average Bonchev–Trinajstić information content (AvgIpc) is 1.85. The molecule has 0 radical (unpaired) electrons. The lowest BCUT2D eigenvalue weighted by Gasteiger charge is -2.03. The van der Waals surface area contributed by atoms with Crippen LogP contribution >= 0.6 is 0 Å². The molecule has 0 spiro atoms. The van der Waals surface area contributed by atoms with Crippen molar-refractivity contribution in [3.05, 3.63) is 16.4 Å². The summed E-state index contributed by atoms with van der Waals surface area (Å²) in [6, 6.07) is 0. The maximum absolute atomic E-state index is 10.7. The summed E-state index contributed by atoms with van der Waals surface area (Å²) < 4.78 is 0. The van der Waals surface area contributed by atoms with Crippen molar-refractivity contribution in [1.82, 2.24) is 0 Å². The molecule has 0 aliphatic rings. The van der Waals surface area contributed by atoms with Crippen LogP contribution in [0.2, 0.25) is 0 Å². The van der Waals surface area contributed by atoms with E-state index in [0.29, 0.717) is 6.42 Å². The molecule has 4 heteroatoms. The number of hydrogen-bond acceptors (Lipinski definition) is 4. The maximum Gasteiger partial charge on any atom is 0.187 e. The Balaban J connectivity index is 4.60. The smallest absolute Gasteiger partial charge is 0.187 e. The lowest BCUT2D eigenvalue weighted by molar-refractivity contribution is -0.113. The van der Waals surface area contributed by atoms with Crippen molar-refractivity contribution >= 4 is 5.78 Å². The predicted octanol–water partition coefficient (Wildman–Crippen LogP) is 2.16. The van der Waals surface area contributed by atoms with Crippen LogP contribution in [0.15, 0.2) is 16.6 Å². The van der Waals surface area contributed by atoms with Crippen molar-refractivity contribution in [1.29, 1.82) is 0 Å². The SMILES string of the molecule is CC(=O)/C(N=O)=C(\O)CC(C)C. The number of rotatable bonds is 4. The van der Waals surface area contributed by atoms with E-state index in [9.17, 15) is 14.8 Å². The van der Waals surface area contributed by atoms with Gasteiger partial charge in [0.05, 0.1) is 0 Å². The first-order chi connectivity index (χ1) is 5.49. The molecule has 0 saturated carbocycles. The number of allylic oxidation sites excluding steroid dienone is 2. The lowest BCUT2D eigenvalue weighted by Crippen LogP contribution is -2.01. The van der Waals surface area contributed by atoms with Crippen LogP contribution < -0.4 is 0 Å². The molecule has 0 aromatic carbocycles. The zero-order chi connectivity index (χ0) is 9.72. The monoisotopic (exact) mass is 171 g/mol. The van der Waals surface area contributed by atoms with Gasteiger partial charge in [-0.05, 0) is 11.1 Å². The zero-order valence-electron chi connectivity index (χ0n) is 7.50. The van der Waals surface area contributed by atoms with Gasteiger partial charge in [-0.25, -0.2) is 0 Å². The molecular weight excluding hydrogens is 158 g/mol. The average molecular weight is 171 g/mol. The van der Waals surface area contributed by atoms with E-state index in [0.717, 1.165) is 0 Å². The van der Waals surface area contributed by atoms with Gasteiger partial charge in [0.2, 0.25) is 0 Å². The van der Waals surface area contributed by atoms with Crippen LogP contribution in [-0.4, -0.2) is 10.9 Å². The van der Waals surface area contributed by atoms with E-state index in [1.807, 2.05) is 13.8 Å². The zero-order valence-corrected chi connectivity index (χ0v) is 7.50. The van der Waals surface area contributed by atoms with Gasteiger partial charge in [-0.2, -0.15) is 0 Å². The molecule has 12 heavy (non-hydrogen) atoms. The molecule has 68 valence electrons. The second kappa shape index (κ2) is 4.64. The van der Waals surface area contributed by atoms with E-state index in [2.05, 4.69) is 5.18 Å². The third kappa shape index (κ3) is 3.27. The summed E-state index contributed by atoms with van der Waals surface area (Å²) in [5, 5.41) is 11.7. The van der Waals surface area contributed by atoms with Crippen LogP contribution in [0.1, 0.15) is 27.2 Å². The summed E-state index contributed by atoms with van der Waals surface area (Å²) in [6.07, 6.45) is 0.306. The van der Waals surface area contributed by atoms with E-state index in [4.69, 9.17) is 0 Å². The number of carbonyl (C=O) groups is 1. The van der Waals surface area contributed by atoms with Crippen molar-refractivity contribution in [3.8, 4) is 0 Å². The minimum Gasteiger partial charge on any atom is -0.510 e. The lowest BCUT2D eigenvalue weighted by atomic mass is 10.1. The van der Waals surface area contributed by atoms with Gasteiger partial charge in [0.15, 0.2) is 11.5 Å². The number of aliphatic hydroxyl groups is 1. The Morgan fingerprint density at radius 1 is 1.50 bits per heavy atom. The quantitative estimate of drug-likeness (QED) is 0.400. The number of ketones is 1. The van der Waals surface area contributed by atoms with E-state index in [1.54, 1.807) is 0 Å². The molecule has 0 amide bonds. The number of nitrogens with zero attached hydrogens (tertiary/aromatic N) is 1. The highest BCUT2D eigenvalue weighted by Gasteiger charge is 2.12. The van der Waals surface area contributed by atoms with Gasteiger partial charge in [0, 0.05) is 13.3 Å². The van der Waals surface area contributed by atoms with Gasteiger partial charge in [-0.15, -0.1) is 4.91 Å². The fraction of sp³-hybridized carbons (Fsp3) is 0.625. The molecule has 0 aliphatic heterocycles. The van der Waals surface area contributed by atoms with Gasteiger partial charge < -0.3 is 5.11 Å². The third-order valence-corrected chi connectivity index (χ3v) is 1.30. The van der Waals surface area contributed by atoms with E-state index in [-0.39, 0.29) is 17.4 Å². The summed E-state index contributed by atoms with van der Waals surface area (Å²) in [5.74, 6) is -0.517. The molecule has 0 unspecified atom stereocenters. The summed E-state index contributed by atoms with van der Waals surface area (Å²) in [6.45, 7) is 4.95. The predicted molar refractivity (Wildman–Crippen MR) is 45.6 cm³/mol. The Labute approximate surface area is 71.3 Å². The molecule has 0 aromatic rings. The molecule has 0 aromatic heterocycles. The van der Waals surface area contributed by atoms with Crippen LogP contribution in [0.25, 0.3) is 0 Å². The molecule has 1 N–H and O–H groups in total. The Kier molecular flexibility index (Phi) is 4.18. The minimum atomic E-state index is -0.497. The van der Waals surface area contributed by atoms with Crippen LogP contribution in [0.3, 0.4) is 0 Å². The molecule has 0 rings (SSSR count). The van der Waals surface area contributed by atoms with Crippen LogP contribution in [0.5, 0.6) is 0 Å². The summed E-state index contributed by atoms with van der Waals surface area (Å²) in [7, 11) is 0.